The minimum Gasteiger partial charge on any atom is -0.493 e. The molecule has 4 atom stereocenters. The van der Waals surface area contributed by atoms with E-state index in [1.54, 1.807) is 33.3 Å². The number of hydrogen-bond acceptors (Lipinski definition) is 9. The summed E-state index contributed by atoms with van der Waals surface area (Å²) in [5.41, 5.74) is 3.83. The zero-order valence-corrected chi connectivity index (χ0v) is 36.2. The number of esters is 1. The first-order chi connectivity index (χ1) is 28.8. The summed E-state index contributed by atoms with van der Waals surface area (Å²) in [6.45, 7) is 3.79. The summed E-state index contributed by atoms with van der Waals surface area (Å²) in [6.07, 6.45) is 3.38. The van der Waals surface area contributed by atoms with Crippen molar-refractivity contribution in [3.63, 3.8) is 0 Å². The number of piperidine rings is 1. The van der Waals surface area contributed by atoms with Gasteiger partial charge in [0.15, 0.2) is 12.4 Å². The molecule has 324 valence electrons. The van der Waals surface area contributed by atoms with E-state index < -0.39 is 18.0 Å². The molecular formula is C45H55Cl2N3O10. The molecule has 3 fully saturated rings. The third kappa shape index (κ3) is 12.2. The number of rotatable bonds is 20. The van der Waals surface area contributed by atoms with E-state index >= 15 is 0 Å². The number of methoxy groups -OCH3 is 1. The average Bonchev–Trinajstić information content (AvgIpc) is 4.17. The van der Waals surface area contributed by atoms with Gasteiger partial charge >= 0.3 is 12.1 Å². The number of carbonyl (C=O) groups is 4. The summed E-state index contributed by atoms with van der Waals surface area (Å²) < 4.78 is 28.5. The lowest BCUT2D eigenvalue weighted by Crippen LogP contribution is -2.49. The minimum absolute atomic E-state index is 0.0181. The van der Waals surface area contributed by atoms with E-state index in [-0.39, 0.29) is 62.0 Å². The molecule has 3 aromatic carbocycles. The second kappa shape index (κ2) is 20.7. The molecule has 2 saturated carbocycles. The highest BCUT2D eigenvalue weighted by Gasteiger charge is 2.45. The third-order valence-corrected chi connectivity index (χ3v) is 11.8. The van der Waals surface area contributed by atoms with E-state index in [1.165, 1.54) is 9.80 Å². The van der Waals surface area contributed by atoms with Crippen LogP contribution in [0.25, 0.3) is 0 Å². The van der Waals surface area contributed by atoms with E-state index in [0.29, 0.717) is 66.4 Å². The third-order valence-electron chi connectivity index (χ3n) is 11.2. The Morgan fingerprint density at radius 3 is 2.22 bits per heavy atom. The molecule has 0 aromatic heterocycles. The van der Waals surface area contributed by atoms with Gasteiger partial charge in [-0.1, -0.05) is 41.4 Å². The molecule has 3 aliphatic rings. The van der Waals surface area contributed by atoms with Crippen molar-refractivity contribution >= 4 is 47.1 Å². The zero-order chi connectivity index (χ0) is 42.9. The van der Waals surface area contributed by atoms with Crippen molar-refractivity contribution in [2.24, 2.45) is 17.8 Å². The van der Waals surface area contributed by atoms with Crippen molar-refractivity contribution in [1.29, 1.82) is 0 Å². The molecule has 3 aromatic rings. The molecular weight excluding hydrogens is 813 g/mol. The van der Waals surface area contributed by atoms with Crippen molar-refractivity contribution in [3.05, 3.63) is 86.9 Å². The Hall–Kier alpha value is -4.72. The SMILES string of the molecule is COCCCc1cc(CN(C(=O)[C@H]2CN(C(=O)O)CC[C@@H]2c2ccc(OCCOc3c(Cl)cc(C)cc3Cl)cc2)C2CC2)cc(OC[C@@H]2C[C@H]2C(=O)OCC(=O)N(C)C)c1. The largest absolute Gasteiger partial charge is 0.493 e. The lowest BCUT2D eigenvalue weighted by atomic mass is 9.79. The molecule has 1 aliphatic heterocycles. The number of likely N-dealkylation sites (N-methyl/N-ethyl adjacent to an activating group) is 1. The normalized spacial score (nSPS) is 19.6. The number of likely N-dealkylation sites (tertiary alicyclic amines) is 1. The molecule has 15 heteroatoms. The topological polar surface area (TPSA) is 144 Å². The number of ether oxygens (including phenoxy) is 5. The molecule has 0 radical (unpaired) electrons. The fourth-order valence-corrected chi connectivity index (χ4v) is 8.36. The summed E-state index contributed by atoms with van der Waals surface area (Å²) in [6, 6.07) is 17.3. The van der Waals surface area contributed by atoms with Crippen LogP contribution in [-0.2, 0) is 36.8 Å². The maximum Gasteiger partial charge on any atom is 0.407 e. The fraction of sp³-hybridized carbons (Fsp3) is 0.511. The van der Waals surface area contributed by atoms with Gasteiger partial charge < -0.3 is 43.5 Å². The first kappa shape index (κ1) is 44.8. The van der Waals surface area contributed by atoms with E-state index in [2.05, 4.69) is 6.07 Å². The van der Waals surface area contributed by atoms with Crippen LogP contribution in [0.2, 0.25) is 10.0 Å². The summed E-state index contributed by atoms with van der Waals surface area (Å²) in [5.74, 6) is -0.162. The van der Waals surface area contributed by atoms with Gasteiger partial charge in [-0.15, -0.1) is 0 Å². The van der Waals surface area contributed by atoms with Crippen molar-refractivity contribution in [3.8, 4) is 17.2 Å². The maximum atomic E-state index is 14.7. The van der Waals surface area contributed by atoms with E-state index in [9.17, 15) is 24.3 Å². The van der Waals surface area contributed by atoms with Gasteiger partial charge in [0.25, 0.3) is 5.91 Å². The van der Waals surface area contributed by atoms with Gasteiger partial charge in [-0.2, -0.15) is 0 Å². The number of benzene rings is 3. The second-order valence-electron chi connectivity index (χ2n) is 16.1. The molecule has 2 aliphatic carbocycles. The summed E-state index contributed by atoms with van der Waals surface area (Å²) >= 11 is 12.6. The molecule has 13 nitrogen and oxygen atoms in total. The summed E-state index contributed by atoms with van der Waals surface area (Å²) in [7, 11) is 4.89. The fourth-order valence-electron chi connectivity index (χ4n) is 7.66. The lowest BCUT2D eigenvalue weighted by molar-refractivity contribution is -0.152. The molecule has 0 spiro atoms. The smallest absolute Gasteiger partial charge is 0.407 e. The van der Waals surface area contributed by atoms with Crippen LogP contribution in [0, 0.1) is 24.7 Å². The van der Waals surface area contributed by atoms with E-state index in [0.717, 1.165) is 47.9 Å². The van der Waals surface area contributed by atoms with Gasteiger partial charge in [-0.25, -0.2) is 4.79 Å². The number of halogens is 2. The second-order valence-corrected chi connectivity index (χ2v) is 17.0. The number of nitrogens with zero attached hydrogens (tertiary/aromatic N) is 3. The van der Waals surface area contributed by atoms with Gasteiger partial charge in [0.2, 0.25) is 5.91 Å². The first-order valence-corrected chi connectivity index (χ1v) is 21.3. The van der Waals surface area contributed by atoms with Crippen molar-refractivity contribution in [2.75, 3.05) is 67.3 Å². The van der Waals surface area contributed by atoms with E-state index in [1.807, 2.05) is 48.2 Å². The summed E-state index contributed by atoms with van der Waals surface area (Å²) in [5, 5.41) is 10.9. The van der Waals surface area contributed by atoms with Crippen LogP contribution in [-0.4, -0.2) is 117 Å². The molecule has 0 bridgehead atoms. The van der Waals surface area contributed by atoms with Gasteiger partial charge in [0, 0.05) is 59.4 Å². The Morgan fingerprint density at radius 2 is 1.55 bits per heavy atom. The van der Waals surface area contributed by atoms with Crippen LogP contribution in [0.3, 0.4) is 0 Å². The van der Waals surface area contributed by atoms with E-state index in [4.69, 9.17) is 46.9 Å². The predicted octanol–water partition coefficient (Wildman–Crippen LogP) is 7.26. The maximum absolute atomic E-state index is 14.7. The van der Waals surface area contributed by atoms with Crippen molar-refractivity contribution in [1.82, 2.24) is 14.7 Å². The Morgan fingerprint density at radius 1 is 0.850 bits per heavy atom. The highest BCUT2D eigenvalue weighted by atomic mass is 35.5. The first-order valence-electron chi connectivity index (χ1n) is 20.5. The predicted molar refractivity (Wildman–Crippen MR) is 226 cm³/mol. The lowest BCUT2D eigenvalue weighted by Gasteiger charge is -2.39. The van der Waals surface area contributed by atoms with Crippen LogP contribution >= 0.6 is 23.2 Å². The Kier molecular flexibility index (Phi) is 15.5. The Bertz CT molecular complexity index is 1970. The Labute approximate surface area is 361 Å². The summed E-state index contributed by atoms with van der Waals surface area (Å²) in [4.78, 5) is 56.0. The quantitative estimate of drug-likeness (QED) is 0.0911. The van der Waals surface area contributed by atoms with Gasteiger partial charge in [0.05, 0.1) is 28.5 Å². The molecule has 1 saturated heterocycles. The van der Waals surface area contributed by atoms with Gasteiger partial charge in [-0.3, -0.25) is 14.4 Å². The molecule has 1 heterocycles. The number of carbonyl (C=O) groups excluding carboxylic acids is 3. The van der Waals surface area contributed by atoms with Crippen LogP contribution < -0.4 is 14.2 Å². The highest BCUT2D eigenvalue weighted by Crippen LogP contribution is 2.41. The minimum atomic E-state index is -1.04. The van der Waals surface area contributed by atoms with Crippen molar-refractivity contribution in [2.45, 2.75) is 64.0 Å². The van der Waals surface area contributed by atoms with Crippen molar-refractivity contribution < 1.29 is 48.0 Å². The number of amides is 3. The average molecular weight is 869 g/mol. The molecule has 1 N–H and O–H groups in total. The van der Waals surface area contributed by atoms with Crippen LogP contribution in [0.1, 0.15) is 60.3 Å². The monoisotopic (exact) mass is 867 g/mol. The highest BCUT2D eigenvalue weighted by molar-refractivity contribution is 6.37. The van der Waals surface area contributed by atoms with Crippen LogP contribution in [0.5, 0.6) is 17.2 Å². The van der Waals surface area contributed by atoms with Crippen LogP contribution in [0.4, 0.5) is 4.79 Å². The molecule has 0 unspecified atom stereocenters. The van der Waals surface area contributed by atoms with Crippen LogP contribution in [0.15, 0.2) is 54.6 Å². The number of carboxylic acid groups (broad SMARTS) is 1. The van der Waals surface area contributed by atoms with Gasteiger partial charge in [-0.05, 0) is 110 Å². The molecule has 3 amide bonds. The number of aryl methyl sites for hydroxylation is 2. The van der Waals surface area contributed by atoms with Gasteiger partial charge in [0.1, 0.15) is 24.7 Å². The zero-order valence-electron chi connectivity index (χ0n) is 34.7. The molecule has 6 rings (SSSR count). The standard InChI is InChI=1S/C45H55Cl2N3O10/c1-28-18-39(46)42(40(47)19-28)58-17-16-57-34-11-7-31(8-12-34)36-13-14-49(45(54)55)25-38(36)43(52)50(33-9-10-33)24-30-20-29(6-5-15-56-4)21-35(22-30)59-26-32-23-37(32)44(53)60-27-41(51)48(2)3/h7-8,11-12,18-22,32-33,36-38H,5-6,9-10,13-17,23-27H2,1-4H3,(H,54,55)/t32-,36+,37+,38-/m0/s1. The Balaban J connectivity index is 1.12. The number of hydrogen-bond donors (Lipinski definition) is 1. The molecule has 60 heavy (non-hydrogen) atoms.